The maximum atomic E-state index is 9.80. The topological polar surface area (TPSA) is 48.8 Å². The number of likely N-dealkylation sites (N-methyl/N-ethyl adjacent to an activating group) is 1. The maximum absolute atomic E-state index is 9.80. The van der Waals surface area contributed by atoms with E-state index in [-0.39, 0.29) is 12.6 Å². The Morgan fingerprint density at radius 2 is 1.96 bits per heavy atom. The number of pyridine rings is 1. The molecule has 0 amide bonds. The van der Waals surface area contributed by atoms with Crippen LogP contribution in [0.15, 0.2) is 36.4 Å². The standard InChI is InChI=1S/C20H27N3O2/c1-15-4-7-17-13-23(12-16-5-8-19(25-3)9-6-16)11-10-18(14-24)22(2)20(17)21-15/h4-9,18,24H,10-14H2,1-3H3. The van der Waals surface area contributed by atoms with Crippen molar-refractivity contribution < 1.29 is 9.84 Å². The van der Waals surface area contributed by atoms with E-state index in [0.717, 1.165) is 43.3 Å². The SMILES string of the molecule is COc1ccc(CN2CCC(CO)N(C)c3nc(C)ccc3C2)cc1. The number of methoxy groups -OCH3 is 1. The molecule has 5 heteroatoms. The summed E-state index contributed by atoms with van der Waals surface area (Å²) in [5.41, 5.74) is 3.47. The highest BCUT2D eigenvalue weighted by molar-refractivity contribution is 5.48. The Morgan fingerprint density at radius 1 is 1.20 bits per heavy atom. The smallest absolute Gasteiger partial charge is 0.133 e. The highest BCUT2D eigenvalue weighted by Gasteiger charge is 2.24. The van der Waals surface area contributed by atoms with Crippen molar-refractivity contribution in [1.82, 2.24) is 9.88 Å². The lowest BCUT2D eigenvalue weighted by Gasteiger charge is -2.35. The zero-order chi connectivity index (χ0) is 17.8. The van der Waals surface area contributed by atoms with Crippen molar-refractivity contribution in [2.45, 2.75) is 32.5 Å². The second-order valence-corrected chi connectivity index (χ2v) is 6.73. The van der Waals surface area contributed by atoms with E-state index >= 15 is 0 Å². The molecular weight excluding hydrogens is 314 g/mol. The van der Waals surface area contributed by atoms with E-state index in [1.54, 1.807) is 7.11 Å². The molecular formula is C20H27N3O2. The summed E-state index contributed by atoms with van der Waals surface area (Å²) in [5.74, 6) is 1.86. The van der Waals surface area contributed by atoms with Crippen molar-refractivity contribution in [3.8, 4) is 5.75 Å². The predicted molar refractivity (Wildman–Crippen MR) is 100.0 cm³/mol. The number of benzene rings is 1. The van der Waals surface area contributed by atoms with E-state index in [9.17, 15) is 5.11 Å². The number of hydrogen-bond donors (Lipinski definition) is 1. The molecule has 0 saturated heterocycles. The Bertz CT molecular complexity index is 703. The summed E-state index contributed by atoms with van der Waals surface area (Å²) in [7, 11) is 3.72. The zero-order valence-corrected chi connectivity index (χ0v) is 15.3. The molecule has 1 N–H and O–H groups in total. The molecule has 0 fully saturated rings. The quantitative estimate of drug-likeness (QED) is 0.926. The van der Waals surface area contributed by atoms with Crippen molar-refractivity contribution in [3.63, 3.8) is 0 Å². The number of nitrogens with zero attached hydrogens (tertiary/aromatic N) is 3. The molecule has 3 rings (SSSR count). The molecule has 1 aliphatic heterocycles. The van der Waals surface area contributed by atoms with Crippen molar-refractivity contribution in [2.24, 2.45) is 0 Å². The number of anilines is 1. The van der Waals surface area contributed by atoms with Gasteiger partial charge in [-0.15, -0.1) is 0 Å². The van der Waals surface area contributed by atoms with Crippen molar-refractivity contribution in [2.75, 3.05) is 32.2 Å². The minimum atomic E-state index is 0.0896. The van der Waals surface area contributed by atoms with E-state index < -0.39 is 0 Å². The van der Waals surface area contributed by atoms with Crippen LogP contribution < -0.4 is 9.64 Å². The lowest BCUT2D eigenvalue weighted by molar-refractivity contribution is 0.205. The van der Waals surface area contributed by atoms with Crippen LogP contribution in [0.5, 0.6) is 5.75 Å². The average molecular weight is 341 g/mol. The Balaban J connectivity index is 1.84. The van der Waals surface area contributed by atoms with Crippen molar-refractivity contribution >= 4 is 5.82 Å². The van der Waals surface area contributed by atoms with Gasteiger partial charge in [0.05, 0.1) is 19.8 Å². The van der Waals surface area contributed by atoms with Gasteiger partial charge in [0.25, 0.3) is 0 Å². The molecule has 25 heavy (non-hydrogen) atoms. The Kier molecular flexibility index (Phi) is 5.56. The largest absolute Gasteiger partial charge is 0.497 e. The summed E-state index contributed by atoms with van der Waals surface area (Å²) < 4.78 is 5.24. The summed E-state index contributed by atoms with van der Waals surface area (Å²) in [6.07, 6.45) is 0.915. The molecule has 1 atom stereocenters. The van der Waals surface area contributed by atoms with E-state index in [1.807, 2.05) is 26.1 Å². The van der Waals surface area contributed by atoms with Crippen LogP contribution in [0.25, 0.3) is 0 Å². The normalized spacial score (nSPS) is 18.4. The fourth-order valence-corrected chi connectivity index (χ4v) is 3.36. The number of hydrogen-bond acceptors (Lipinski definition) is 5. The van der Waals surface area contributed by atoms with Crippen LogP contribution in [0.4, 0.5) is 5.82 Å². The third-order valence-corrected chi connectivity index (χ3v) is 4.93. The first-order chi connectivity index (χ1) is 12.1. The van der Waals surface area contributed by atoms with Crippen molar-refractivity contribution in [3.05, 3.63) is 53.2 Å². The van der Waals surface area contributed by atoms with Gasteiger partial charge in [0.1, 0.15) is 11.6 Å². The fraction of sp³-hybridized carbons (Fsp3) is 0.450. The van der Waals surface area contributed by atoms with E-state index in [2.05, 4.69) is 34.1 Å². The fourth-order valence-electron chi connectivity index (χ4n) is 3.36. The van der Waals surface area contributed by atoms with Crippen LogP contribution in [0, 0.1) is 6.92 Å². The van der Waals surface area contributed by atoms with Gasteiger partial charge >= 0.3 is 0 Å². The lowest BCUT2D eigenvalue weighted by Crippen LogP contribution is -2.41. The summed E-state index contributed by atoms with van der Waals surface area (Å²) >= 11 is 0. The molecule has 1 aromatic heterocycles. The first kappa shape index (κ1) is 17.7. The van der Waals surface area contributed by atoms with Gasteiger partial charge < -0.3 is 14.7 Å². The number of ether oxygens (including phenoxy) is 1. The number of aliphatic hydroxyl groups is 1. The number of aryl methyl sites for hydroxylation is 1. The van der Waals surface area contributed by atoms with E-state index in [4.69, 9.17) is 9.72 Å². The molecule has 0 spiro atoms. The van der Waals surface area contributed by atoms with Gasteiger partial charge in [-0.1, -0.05) is 18.2 Å². The van der Waals surface area contributed by atoms with Crippen molar-refractivity contribution in [1.29, 1.82) is 0 Å². The van der Waals surface area contributed by atoms with Gasteiger partial charge in [0.2, 0.25) is 0 Å². The molecule has 0 bridgehead atoms. The van der Waals surface area contributed by atoms with Gasteiger partial charge in [0.15, 0.2) is 0 Å². The van der Waals surface area contributed by atoms with Gasteiger partial charge in [-0.2, -0.15) is 0 Å². The minimum absolute atomic E-state index is 0.0896. The van der Waals surface area contributed by atoms with Crippen LogP contribution in [0.3, 0.4) is 0 Å². The van der Waals surface area contributed by atoms with Crippen LogP contribution in [-0.4, -0.2) is 48.3 Å². The summed E-state index contributed by atoms with van der Waals surface area (Å²) in [6, 6.07) is 12.5. The third kappa shape index (κ3) is 4.11. The van der Waals surface area contributed by atoms with Gasteiger partial charge in [-0.3, -0.25) is 4.90 Å². The highest BCUT2D eigenvalue weighted by atomic mass is 16.5. The van der Waals surface area contributed by atoms with E-state index in [1.165, 1.54) is 11.1 Å². The van der Waals surface area contributed by atoms with Crippen LogP contribution >= 0.6 is 0 Å². The first-order valence-corrected chi connectivity index (χ1v) is 8.76. The monoisotopic (exact) mass is 341 g/mol. The predicted octanol–water partition coefficient (Wildman–Crippen LogP) is 2.60. The molecule has 134 valence electrons. The number of rotatable bonds is 4. The Morgan fingerprint density at radius 3 is 2.64 bits per heavy atom. The molecule has 2 aromatic rings. The Labute approximate surface area is 149 Å². The molecule has 0 radical (unpaired) electrons. The van der Waals surface area contributed by atoms with E-state index in [0.29, 0.717) is 0 Å². The van der Waals surface area contributed by atoms with Gasteiger partial charge in [0, 0.05) is 37.9 Å². The zero-order valence-electron chi connectivity index (χ0n) is 15.3. The number of aliphatic hydroxyl groups excluding tert-OH is 1. The second-order valence-electron chi connectivity index (χ2n) is 6.73. The molecule has 1 aliphatic rings. The molecule has 0 saturated carbocycles. The third-order valence-electron chi connectivity index (χ3n) is 4.93. The second kappa shape index (κ2) is 7.85. The van der Waals surface area contributed by atoms with Crippen LogP contribution in [0.2, 0.25) is 0 Å². The average Bonchev–Trinajstić information content (AvgIpc) is 2.62. The molecule has 2 heterocycles. The molecule has 5 nitrogen and oxygen atoms in total. The molecule has 1 aromatic carbocycles. The summed E-state index contributed by atoms with van der Waals surface area (Å²) in [5, 5.41) is 9.80. The summed E-state index contributed by atoms with van der Waals surface area (Å²) in [4.78, 5) is 9.29. The maximum Gasteiger partial charge on any atom is 0.133 e. The highest BCUT2D eigenvalue weighted by Crippen LogP contribution is 2.26. The Hall–Kier alpha value is -2.11. The first-order valence-electron chi connectivity index (χ1n) is 8.76. The van der Waals surface area contributed by atoms with Crippen LogP contribution in [-0.2, 0) is 13.1 Å². The van der Waals surface area contributed by atoms with Crippen LogP contribution in [0.1, 0.15) is 23.2 Å². The molecule has 0 aliphatic carbocycles. The van der Waals surface area contributed by atoms with Gasteiger partial charge in [-0.05, 0) is 37.1 Å². The number of fused-ring (bicyclic) bond motifs is 1. The number of aromatic nitrogens is 1. The molecule has 1 unspecified atom stereocenters. The lowest BCUT2D eigenvalue weighted by atomic mass is 10.1. The summed E-state index contributed by atoms with van der Waals surface area (Å²) in [6.45, 7) is 4.82. The van der Waals surface area contributed by atoms with Gasteiger partial charge in [-0.25, -0.2) is 4.98 Å². The minimum Gasteiger partial charge on any atom is -0.497 e.